The van der Waals surface area contributed by atoms with Gasteiger partial charge in [0.25, 0.3) is 0 Å². The Kier molecular flexibility index (Phi) is 4.22. The molecular formula is C14H13ClN2O3S2. The van der Waals surface area contributed by atoms with Crippen LogP contribution in [0.2, 0.25) is 5.02 Å². The van der Waals surface area contributed by atoms with E-state index in [1.807, 2.05) is 0 Å². The molecule has 1 atom stereocenters. The first-order chi connectivity index (χ1) is 10.5. The molecule has 0 saturated carbocycles. The van der Waals surface area contributed by atoms with Crippen LogP contribution in [0, 0.1) is 0 Å². The first kappa shape index (κ1) is 15.5. The van der Waals surface area contributed by atoms with Gasteiger partial charge in [-0.15, -0.1) is 11.3 Å². The van der Waals surface area contributed by atoms with Crippen LogP contribution in [-0.4, -0.2) is 26.9 Å². The SMILES string of the molecule is O=C1C[C@@H](NS(=O)(=O)c2cccs2)CN1c1ccc(Cl)cc1. The van der Waals surface area contributed by atoms with Gasteiger partial charge in [0.1, 0.15) is 4.21 Å². The molecule has 1 saturated heterocycles. The van der Waals surface area contributed by atoms with Crippen molar-refractivity contribution in [3.05, 3.63) is 46.8 Å². The van der Waals surface area contributed by atoms with E-state index in [4.69, 9.17) is 11.6 Å². The van der Waals surface area contributed by atoms with Crippen LogP contribution in [-0.2, 0) is 14.8 Å². The highest BCUT2D eigenvalue weighted by molar-refractivity contribution is 7.91. The second-order valence-electron chi connectivity index (χ2n) is 4.94. The molecule has 0 aliphatic carbocycles. The Hall–Kier alpha value is -1.41. The van der Waals surface area contributed by atoms with Crippen LogP contribution in [0.4, 0.5) is 5.69 Å². The molecule has 1 aromatic carbocycles. The molecule has 116 valence electrons. The number of rotatable bonds is 4. The predicted octanol–water partition coefficient (Wildman–Crippen LogP) is 2.49. The number of carbonyl (C=O) groups excluding carboxylic acids is 1. The molecule has 0 bridgehead atoms. The maximum Gasteiger partial charge on any atom is 0.250 e. The lowest BCUT2D eigenvalue weighted by molar-refractivity contribution is -0.117. The van der Waals surface area contributed by atoms with Gasteiger partial charge >= 0.3 is 0 Å². The Morgan fingerprint density at radius 3 is 2.59 bits per heavy atom. The Morgan fingerprint density at radius 2 is 1.95 bits per heavy atom. The Morgan fingerprint density at radius 1 is 1.23 bits per heavy atom. The Bertz CT molecular complexity index is 773. The molecule has 1 aromatic heterocycles. The molecule has 5 nitrogen and oxygen atoms in total. The van der Waals surface area contributed by atoms with Crippen molar-refractivity contribution in [1.82, 2.24) is 4.72 Å². The van der Waals surface area contributed by atoms with Gasteiger partial charge in [0.2, 0.25) is 15.9 Å². The summed E-state index contributed by atoms with van der Waals surface area (Å²) < 4.78 is 27.2. The summed E-state index contributed by atoms with van der Waals surface area (Å²) in [6, 6.07) is 9.68. The van der Waals surface area contributed by atoms with Crippen molar-refractivity contribution in [2.24, 2.45) is 0 Å². The number of thiophene rings is 1. The highest BCUT2D eigenvalue weighted by Gasteiger charge is 2.33. The third-order valence-electron chi connectivity index (χ3n) is 3.35. The normalized spacial score (nSPS) is 18.9. The lowest BCUT2D eigenvalue weighted by atomic mass is 10.3. The van der Waals surface area contributed by atoms with Crippen molar-refractivity contribution in [1.29, 1.82) is 0 Å². The quantitative estimate of drug-likeness (QED) is 0.915. The molecule has 0 unspecified atom stereocenters. The summed E-state index contributed by atoms with van der Waals surface area (Å²) in [6.07, 6.45) is 0.146. The lowest BCUT2D eigenvalue weighted by Crippen LogP contribution is -2.36. The summed E-state index contributed by atoms with van der Waals surface area (Å²) in [7, 11) is -3.57. The van der Waals surface area contributed by atoms with Crippen LogP contribution in [0.5, 0.6) is 0 Å². The van der Waals surface area contributed by atoms with E-state index >= 15 is 0 Å². The second-order valence-corrected chi connectivity index (χ2v) is 8.26. The summed E-state index contributed by atoms with van der Waals surface area (Å²) in [5, 5.41) is 2.29. The van der Waals surface area contributed by atoms with Crippen molar-refractivity contribution in [2.45, 2.75) is 16.7 Å². The van der Waals surface area contributed by atoms with Gasteiger partial charge in [0.15, 0.2) is 0 Å². The van der Waals surface area contributed by atoms with E-state index < -0.39 is 16.1 Å². The van der Waals surface area contributed by atoms with Crippen molar-refractivity contribution >= 4 is 44.6 Å². The van der Waals surface area contributed by atoms with Crippen LogP contribution in [0.1, 0.15) is 6.42 Å². The summed E-state index contributed by atoms with van der Waals surface area (Å²) in [5.41, 5.74) is 0.715. The molecular weight excluding hydrogens is 344 g/mol. The van der Waals surface area contributed by atoms with Gasteiger partial charge in [-0.2, -0.15) is 0 Å². The van der Waals surface area contributed by atoms with Gasteiger partial charge in [-0.25, -0.2) is 13.1 Å². The number of hydrogen-bond donors (Lipinski definition) is 1. The molecule has 1 amide bonds. The number of hydrogen-bond acceptors (Lipinski definition) is 4. The van der Waals surface area contributed by atoms with Crippen molar-refractivity contribution < 1.29 is 13.2 Å². The van der Waals surface area contributed by atoms with E-state index in [2.05, 4.69) is 4.72 Å². The number of sulfonamides is 1. The molecule has 2 heterocycles. The highest BCUT2D eigenvalue weighted by atomic mass is 35.5. The number of amides is 1. The first-order valence-corrected chi connectivity index (χ1v) is 9.31. The van der Waals surface area contributed by atoms with E-state index in [1.165, 1.54) is 0 Å². The minimum atomic E-state index is -3.57. The summed E-state index contributed by atoms with van der Waals surface area (Å²) in [4.78, 5) is 13.7. The zero-order valence-electron chi connectivity index (χ0n) is 11.4. The largest absolute Gasteiger partial charge is 0.311 e. The van der Waals surface area contributed by atoms with Gasteiger partial charge in [-0.1, -0.05) is 17.7 Å². The average Bonchev–Trinajstić information content (AvgIpc) is 3.10. The van der Waals surface area contributed by atoms with Crippen LogP contribution in [0.3, 0.4) is 0 Å². The number of benzene rings is 1. The third-order valence-corrected chi connectivity index (χ3v) is 6.52. The predicted molar refractivity (Wildman–Crippen MR) is 86.9 cm³/mol. The molecule has 1 N–H and O–H groups in total. The smallest absolute Gasteiger partial charge is 0.250 e. The molecule has 22 heavy (non-hydrogen) atoms. The zero-order chi connectivity index (χ0) is 15.7. The monoisotopic (exact) mass is 356 g/mol. The number of anilines is 1. The van der Waals surface area contributed by atoms with Gasteiger partial charge in [-0.3, -0.25) is 4.79 Å². The van der Waals surface area contributed by atoms with Crippen molar-refractivity contribution in [3.63, 3.8) is 0 Å². The zero-order valence-corrected chi connectivity index (χ0v) is 13.8. The molecule has 1 aliphatic heterocycles. The summed E-state index contributed by atoms with van der Waals surface area (Å²) in [5.74, 6) is -0.110. The van der Waals surface area contributed by atoms with E-state index in [-0.39, 0.29) is 16.5 Å². The van der Waals surface area contributed by atoms with Gasteiger partial charge in [0, 0.05) is 29.7 Å². The third kappa shape index (κ3) is 3.17. The van der Waals surface area contributed by atoms with Crippen LogP contribution < -0.4 is 9.62 Å². The fourth-order valence-corrected chi connectivity index (χ4v) is 4.71. The van der Waals surface area contributed by atoms with Crippen LogP contribution in [0.15, 0.2) is 46.0 Å². The minimum Gasteiger partial charge on any atom is -0.311 e. The van der Waals surface area contributed by atoms with E-state index in [9.17, 15) is 13.2 Å². The van der Waals surface area contributed by atoms with Crippen molar-refractivity contribution in [3.8, 4) is 0 Å². The number of nitrogens with one attached hydrogen (secondary N) is 1. The molecule has 1 aliphatic rings. The Labute approximate surface area is 137 Å². The molecule has 1 fully saturated rings. The fraction of sp³-hybridized carbons (Fsp3) is 0.214. The van der Waals surface area contributed by atoms with Crippen LogP contribution in [0.25, 0.3) is 0 Å². The topological polar surface area (TPSA) is 66.5 Å². The van der Waals surface area contributed by atoms with Gasteiger partial charge < -0.3 is 4.90 Å². The minimum absolute atomic E-state index is 0.110. The number of nitrogens with zero attached hydrogens (tertiary/aromatic N) is 1. The maximum absolute atomic E-state index is 12.2. The maximum atomic E-state index is 12.2. The standard InChI is InChI=1S/C14H13ClN2O3S2/c15-10-3-5-12(6-4-10)17-9-11(8-13(17)18)16-22(19,20)14-2-1-7-21-14/h1-7,11,16H,8-9H2/t11-/m1/s1. The molecule has 0 spiro atoms. The Balaban J connectivity index is 1.74. The average molecular weight is 357 g/mol. The van der Waals surface area contributed by atoms with Gasteiger partial charge in [0.05, 0.1) is 0 Å². The lowest BCUT2D eigenvalue weighted by Gasteiger charge is -2.17. The highest BCUT2D eigenvalue weighted by Crippen LogP contribution is 2.24. The van der Waals surface area contributed by atoms with Crippen LogP contribution >= 0.6 is 22.9 Å². The molecule has 0 radical (unpaired) electrons. The molecule has 8 heteroatoms. The van der Waals surface area contributed by atoms with E-state index in [0.717, 1.165) is 11.3 Å². The van der Waals surface area contributed by atoms with E-state index in [0.29, 0.717) is 17.3 Å². The molecule has 2 aromatic rings. The summed E-state index contributed by atoms with van der Waals surface area (Å²) >= 11 is 6.98. The van der Waals surface area contributed by atoms with Gasteiger partial charge in [-0.05, 0) is 35.7 Å². The second kappa shape index (κ2) is 6.00. The fourth-order valence-electron chi connectivity index (χ4n) is 2.35. The number of halogens is 1. The van der Waals surface area contributed by atoms with Crippen molar-refractivity contribution in [2.75, 3.05) is 11.4 Å². The first-order valence-electron chi connectivity index (χ1n) is 6.57. The van der Waals surface area contributed by atoms with E-state index in [1.54, 1.807) is 46.7 Å². The molecule has 3 rings (SSSR count). The summed E-state index contributed by atoms with van der Waals surface area (Å²) in [6.45, 7) is 0.311. The number of carbonyl (C=O) groups is 1.